The van der Waals surface area contributed by atoms with Crippen molar-refractivity contribution in [3.05, 3.63) is 29.3 Å². The molecule has 1 aromatic carbocycles. The third-order valence-electron chi connectivity index (χ3n) is 2.24. The predicted octanol–water partition coefficient (Wildman–Crippen LogP) is 2.62. The molecule has 1 aromatic rings. The zero-order valence-electron chi connectivity index (χ0n) is 9.62. The zero-order chi connectivity index (χ0) is 12.1. The lowest BCUT2D eigenvalue weighted by atomic mass is 10.1. The summed E-state index contributed by atoms with van der Waals surface area (Å²) < 4.78 is 10.2. The van der Waals surface area contributed by atoms with Crippen molar-refractivity contribution in [2.45, 2.75) is 18.7 Å². The van der Waals surface area contributed by atoms with Gasteiger partial charge in [-0.3, -0.25) is 4.79 Å². The Labute approximate surface area is 104 Å². The average Bonchev–Trinajstić information content (AvgIpc) is 2.27. The van der Waals surface area contributed by atoms with Crippen molar-refractivity contribution in [3.63, 3.8) is 0 Å². The number of hydrogen-bond acceptors (Lipinski definition) is 3. The van der Waals surface area contributed by atoms with Gasteiger partial charge in [0, 0.05) is 0 Å². The van der Waals surface area contributed by atoms with Crippen LogP contribution in [0.5, 0.6) is 5.75 Å². The standard InChI is InChI=1S/C12H15BrO3/c1-8-5-4-6-9(2)11(8)16-7-10(13)12(14)15-3/h4-6,10H,7H2,1-3H3. The Balaban J connectivity index is 2.64. The van der Waals surface area contributed by atoms with Crippen molar-refractivity contribution < 1.29 is 14.3 Å². The van der Waals surface area contributed by atoms with Crippen LogP contribution in [0.4, 0.5) is 0 Å². The molecule has 0 heterocycles. The molecule has 1 atom stereocenters. The van der Waals surface area contributed by atoms with Gasteiger partial charge >= 0.3 is 5.97 Å². The molecule has 0 saturated heterocycles. The van der Waals surface area contributed by atoms with Gasteiger partial charge in [0.05, 0.1) is 7.11 Å². The molecule has 88 valence electrons. The van der Waals surface area contributed by atoms with E-state index in [9.17, 15) is 4.79 Å². The van der Waals surface area contributed by atoms with Crippen molar-refractivity contribution in [1.82, 2.24) is 0 Å². The van der Waals surface area contributed by atoms with Crippen LogP contribution in [0.15, 0.2) is 18.2 Å². The van der Waals surface area contributed by atoms with Gasteiger partial charge in [-0.05, 0) is 25.0 Å². The van der Waals surface area contributed by atoms with E-state index in [-0.39, 0.29) is 12.6 Å². The number of halogens is 1. The van der Waals surface area contributed by atoms with E-state index in [0.29, 0.717) is 0 Å². The number of ether oxygens (including phenoxy) is 2. The van der Waals surface area contributed by atoms with Gasteiger partial charge in [0.25, 0.3) is 0 Å². The number of carbonyl (C=O) groups is 1. The van der Waals surface area contributed by atoms with Crippen LogP contribution < -0.4 is 4.74 Å². The fourth-order valence-corrected chi connectivity index (χ4v) is 1.70. The minimum atomic E-state index is -0.434. The lowest BCUT2D eigenvalue weighted by Crippen LogP contribution is -2.23. The van der Waals surface area contributed by atoms with Crippen LogP contribution in [0, 0.1) is 13.8 Å². The summed E-state index contributed by atoms with van der Waals surface area (Å²) in [5.74, 6) is 0.502. The fourth-order valence-electron chi connectivity index (χ4n) is 1.38. The summed E-state index contributed by atoms with van der Waals surface area (Å²) in [5, 5.41) is 0. The Bertz CT molecular complexity index is 356. The smallest absolute Gasteiger partial charge is 0.322 e. The second-order valence-electron chi connectivity index (χ2n) is 3.52. The van der Waals surface area contributed by atoms with E-state index < -0.39 is 4.83 Å². The highest BCUT2D eigenvalue weighted by molar-refractivity contribution is 9.10. The summed E-state index contributed by atoms with van der Waals surface area (Å²) >= 11 is 3.21. The number of para-hydroxylation sites is 1. The van der Waals surface area contributed by atoms with Gasteiger partial charge in [0.1, 0.15) is 17.2 Å². The molecule has 0 aromatic heterocycles. The van der Waals surface area contributed by atoms with Gasteiger partial charge in [0.15, 0.2) is 0 Å². The Kier molecular flexibility index (Phi) is 4.80. The first-order chi connectivity index (χ1) is 7.56. The first-order valence-corrected chi connectivity index (χ1v) is 5.88. The van der Waals surface area contributed by atoms with Crippen molar-refractivity contribution in [2.24, 2.45) is 0 Å². The highest BCUT2D eigenvalue weighted by Crippen LogP contribution is 2.23. The van der Waals surface area contributed by atoms with Crippen molar-refractivity contribution in [1.29, 1.82) is 0 Å². The largest absolute Gasteiger partial charge is 0.491 e. The Morgan fingerprint density at radius 2 is 1.94 bits per heavy atom. The summed E-state index contributed by atoms with van der Waals surface area (Å²) in [7, 11) is 1.36. The predicted molar refractivity (Wildman–Crippen MR) is 66.1 cm³/mol. The molecule has 0 N–H and O–H groups in total. The van der Waals surface area contributed by atoms with E-state index in [0.717, 1.165) is 16.9 Å². The maximum atomic E-state index is 11.2. The molecule has 0 radical (unpaired) electrons. The third-order valence-corrected chi connectivity index (χ3v) is 2.88. The summed E-state index contributed by atoms with van der Waals surface area (Å²) in [6.45, 7) is 4.21. The fraction of sp³-hybridized carbons (Fsp3) is 0.417. The van der Waals surface area contributed by atoms with Crippen molar-refractivity contribution in [3.8, 4) is 5.75 Å². The maximum absolute atomic E-state index is 11.2. The lowest BCUT2D eigenvalue weighted by Gasteiger charge is -2.13. The number of hydrogen-bond donors (Lipinski definition) is 0. The van der Waals surface area contributed by atoms with Gasteiger partial charge in [-0.1, -0.05) is 34.1 Å². The zero-order valence-corrected chi connectivity index (χ0v) is 11.2. The first-order valence-electron chi connectivity index (χ1n) is 4.97. The van der Waals surface area contributed by atoms with Crippen LogP contribution in [-0.2, 0) is 9.53 Å². The number of aryl methyl sites for hydroxylation is 2. The highest BCUT2D eigenvalue weighted by atomic mass is 79.9. The lowest BCUT2D eigenvalue weighted by molar-refractivity contribution is -0.140. The molecular formula is C12H15BrO3. The maximum Gasteiger partial charge on any atom is 0.322 e. The number of benzene rings is 1. The molecular weight excluding hydrogens is 272 g/mol. The molecule has 0 aliphatic rings. The van der Waals surface area contributed by atoms with E-state index >= 15 is 0 Å². The van der Waals surface area contributed by atoms with Gasteiger partial charge in [-0.25, -0.2) is 0 Å². The number of methoxy groups -OCH3 is 1. The van der Waals surface area contributed by atoms with E-state index in [1.165, 1.54) is 7.11 Å². The summed E-state index contributed by atoms with van der Waals surface area (Å²) in [6.07, 6.45) is 0. The summed E-state index contributed by atoms with van der Waals surface area (Å²) in [4.78, 5) is 10.7. The van der Waals surface area contributed by atoms with Gasteiger partial charge in [-0.2, -0.15) is 0 Å². The molecule has 1 rings (SSSR count). The second-order valence-corrected chi connectivity index (χ2v) is 4.63. The van der Waals surface area contributed by atoms with Crippen LogP contribution in [-0.4, -0.2) is 24.5 Å². The summed E-state index contributed by atoms with van der Waals surface area (Å²) in [5.41, 5.74) is 2.12. The van der Waals surface area contributed by atoms with E-state index in [1.54, 1.807) is 0 Å². The van der Waals surface area contributed by atoms with Crippen LogP contribution in [0.25, 0.3) is 0 Å². The average molecular weight is 287 g/mol. The molecule has 0 fully saturated rings. The van der Waals surface area contributed by atoms with Crippen LogP contribution in [0.1, 0.15) is 11.1 Å². The number of alkyl halides is 1. The number of esters is 1. The molecule has 3 nitrogen and oxygen atoms in total. The van der Waals surface area contributed by atoms with Crippen molar-refractivity contribution >= 4 is 21.9 Å². The van der Waals surface area contributed by atoms with Crippen LogP contribution >= 0.6 is 15.9 Å². The van der Waals surface area contributed by atoms with E-state index in [4.69, 9.17) is 4.74 Å². The Morgan fingerprint density at radius 3 is 2.44 bits per heavy atom. The molecule has 0 bridgehead atoms. The SMILES string of the molecule is COC(=O)C(Br)COc1c(C)cccc1C. The second kappa shape index (κ2) is 5.89. The molecule has 4 heteroatoms. The first kappa shape index (κ1) is 13.0. The molecule has 0 saturated carbocycles. The molecule has 0 aliphatic heterocycles. The normalized spacial score (nSPS) is 12.0. The molecule has 16 heavy (non-hydrogen) atoms. The van der Waals surface area contributed by atoms with E-state index in [2.05, 4.69) is 20.7 Å². The molecule has 1 unspecified atom stereocenters. The monoisotopic (exact) mass is 286 g/mol. The van der Waals surface area contributed by atoms with Crippen LogP contribution in [0.3, 0.4) is 0 Å². The number of carbonyl (C=O) groups excluding carboxylic acids is 1. The van der Waals surface area contributed by atoms with Crippen molar-refractivity contribution in [2.75, 3.05) is 13.7 Å². The van der Waals surface area contributed by atoms with E-state index in [1.807, 2.05) is 32.0 Å². The Hall–Kier alpha value is -1.03. The number of rotatable bonds is 4. The van der Waals surface area contributed by atoms with Gasteiger partial charge < -0.3 is 9.47 Å². The Morgan fingerprint density at radius 1 is 1.38 bits per heavy atom. The highest BCUT2D eigenvalue weighted by Gasteiger charge is 2.16. The molecule has 0 spiro atoms. The molecule has 0 amide bonds. The van der Waals surface area contributed by atoms with Gasteiger partial charge in [0.2, 0.25) is 0 Å². The quantitative estimate of drug-likeness (QED) is 0.631. The minimum Gasteiger partial charge on any atom is -0.491 e. The summed E-state index contributed by atoms with van der Waals surface area (Å²) in [6, 6.07) is 5.93. The molecule has 0 aliphatic carbocycles. The third kappa shape index (κ3) is 3.23. The topological polar surface area (TPSA) is 35.5 Å². The van der Waals surface area contributed by atoms with Crippen LogP contribution in [0.2, 0.25) is 0 Å². The minimum absolute atomic E-state index is 0.262. The van der Waals surface area contributed by atoms with Gasteiger partial charge in [-0.15, -0.1) is 0 Å².